The Morgan fingerprint density at radius 3 is 2.59 bits per heavy atom. The molecule has 0 unspecified atom stereocenters. The molecule has 11 nitrogen and oxygen atoms in total. The van der Waals surface area contributed by atoms with E-state index in [-0.39, 0.29) is 11.5 Å². The molecule has 0 aliphatic carbocycles. The number of nitrogens with zero attached hydrogens (tertiary/aromatic N) is 7. The third-order valence-electron chi connectivity index (χ3n) is 5.56. The van der Waals surface area contributed by atoms with E-state index in [1.807, 2.05) is 6.92 Å². The SMILES string of the molecule is CCn1c(Sc2nnc(NC(=O)CCN3CCCCC3)s2)nc2c1c(=O)n(C)c(=O)n2C. The first-order chi connectivity index (χ1) is 15.4. The number of amides is 1. The van der Waals surface area contributed by atoms with Gasteiger partial charge in [-0.3, -0.25) is 18.7 Å². The zero-order valence-electron chi connectivity index (χ0n) is 18.3. The molecule has 0 atom stereocenters. The average Bonchev–Trinajstić information content (AvgIpc) is 3.39. The molecule has 4 rings (SSSR count). The Hall–Kier alpha value is -2.51. The molecule has 0 bridgehead atoms. The summed E-state index contributed by atoms with van der Waals surface area (Å²) in [5, 5.41) is 12.0. The zero-order chi connectivity index (χ0) is 22.8. The number of rotatable bonds is 7. The molecule has 3 aromatic heterocycles. The van der Waals surface area contributed by atoms with Gasteiger partial charge in [0.05, 0.1) is 0 Å². The van der Waals surface area contributed by atoms with Crippen LogP contribution in [0.2, 0.25) is 0 Å². The van der Waals surface area contributed by atoms with Crippen LogP contribution in [0, 0.1) is 0 Å². The van der Waals surface area contributed by atoms with Gasteiger partial charge >= 0.3 is 5.69 Å². The van der Waals surface area contributed by atoms with Crippen molar-refractivity contribution in [3.05, 3.63) is 20.8 Å². The minimum Gasteiger partial charge on any atom is -0.313 e. The number of likely N-dealkylation sites (tertiary alicyclic amines) is 1. The predicted molar refractivity (Wildman–Crippen MR) is 123 cm³/mol. The molecule has 3 aromatic rings. The number of hydrogen-bond acceptors (Lipinski definition) is 9. The van der Waals surface area contributed by atoms with Gasteiger partial charge in [-0.1, -0.05) is 17.8 Å². The molecule has 0 aromatic carbocycles. The number of anilines is 1. The second-order valence-electron chi connectivity index (χ2n) is 7.69. The molecule has 1 aliphatic heterocycles. The van der Waals surface area contributed by atoms with Crippen LogP contribution in [0.15, 0.2) is 19.1 Å². The summed E-state index contributed by atoms with van der Waals surface area (Å²) in [5.41, 5.74) is -0.109. The molecule has 1 saturated heterocycles. The third kappa shape index (κ3) is 4.50. The summed E-state index contributed by atoms with van der Waals surface area (Å²) in [4.78, 5) is 44.0. The average molecular weight is 479 g/mol. The maximum Gasteiger partial charge on any atom is 0.332 e. The lowest BCUT2D eigenvalue weighted by Gasteiger charge is -2.25. The van der Waals surface area contributed by atoms with Gasteiger partial charge < -0.3 is 14.8 Å². The second-order valence-corrected chi connectivity index (χ2v) is 9.88. The highest BCUT2D eigenvalue weighted by atomic mass is 32.2. The number of nitrogens with one attached hydrogen (secondary N) is 1. The quantitative estimate of drug-likeness (QED) is 0.504. The summed E-state index contributed by atoms with van der Waals surface area (Å²) in [5.74, 6) is -0.0810. The Labute approximate surface area is 192 Å². The van der Waals surface area contributed by atoms with Crippen molar-refractivity contribution in [2.24, 2.45) is 14.1 Å². The molecule has 4 heterocycles. The number of aromatic nitrogens is 6. The lowest BCUT2D eigenvalue weighted by atomic mass is 10.1. The van der Waals surface area contributed by atoms with E-state index in [1.165, 1.54) is 54.0 Å². The summed E-state index contributed by atoms with van der Waals surface area (Å²) in [6.45, 7) is 5.27. The largest absolute Gasteiger partial charge is 0.332 e. The molecular formula is C19H26N8O3S2. The minimum atomic E-state index is -0.426. The van der Waals surface area contributed by atoms with Crippen molar-refractivity contribution in [3.8, 4) is 0 Å². The highest BCUT2D eigenvalue weighted by Crippen LogP contribution is 2.32. The molecule has 0 saturated carbocycles. The van der Waals surface area contributed by atoms with Gasteiger partial charge in [-0.2, -0.15) is 0 Å². The molecule has 0 radical (unpaired) electrons. The number of carbonyl (C=O) groups is 1. The van der Waals surface area contributed by atoms with E-state index < -0.39 is 5.69 Å². The van der Waals surface area contributed by atoms with Crippen LogP contribution in [0.5, 0.6) is 0 Å². The third-order valence-corrected chi connectivity index (χ3v) is 7.45. The highest BCUT2D eigenvalue weighted by molar-refractivity contribution is 8.01. The number of fused-ring (bicyclic) bond motifs is 1. The first-order valence-electron chi connectivity index (χ1n) is 10.6. The van der Waals surface area contributed by atoms with Crippen LogP contribution in [0.25, 0.3) is 11.2 Å². The number of imidazole rings is 1. The summed E-state index contributed by atoms with van der Waals surface area (Å²) in [6, 6.07) is 0. The van der Waals surface area contributed by atoms with Gasteiger partial charge in [-0.05, 0) is 44.6 Å². The molecule has 1 amide bonds. The molecule has 1 aliphatic rings. The highest BCUT2D eigenvalue weighted by Gasteiger charge is 2.20. The first kappa shape index (κ1) is 22.7. The lowest BCUT2D eigenvalue weighted by molar-refractivity contribution is -0.116. The van der Waals surface area contributed by atoms with E-state index in [2.05, 4.69) is 25.4 Å². The van der Waals surface area contributed by atoms with E-state index in [4.69, 9.17) is 0 Å². The van der Waals surface area contributed by atoms with Crippen LogP contribution in [-0.4, -0.2) is 59.3 Å². The monoisotopic (exact) mass is 478 g/mol. The fourth-order valence-corrected chi connectivity index (χ4v) is 5.62. The minimum absolute atomic E-state index is 0.0810. The van der Waals surface area contributed by atoms with Crippen LogP contribution < -0.4 is 16.6 Å². The fraction of sp³-hybridized carbons (Fsp3) is 0.579. The molecule has 1 fully saturated rings. The molecule has 32 heavy (non-hydrogen) atoms. The van der Waals surface area contributed by atoms with Crippen molar-refractivity contribution in [1.82, 2.24) is 33.8 Å². The molecule has 0 spiro atoms. The van der Waals surface area contributed by atoms with Gasteiger partial charge in [0.1, 0.15) is 0 Å². The number of piperidine rings is 1. The number of hydrogen-bond donors (Lipinski definition) is 1. The van der Waals surface area contributed by atoms with Gasteiger partial charge in [0.25, 0.3) is 5.56 Å². The van der Waals surface area contributed by atoms with E-state index >= 15 is 0 Å². The predicted octanol–water partition coefficient (Wildman–Crippen LogP) is 1.27. The van der Waals surface area contributed by atoms with E-state index in [1.54, 1.807) is 11.6 Å². The molecule has 172 valence electrons. The van der Waals surface area contributed by atoms with Crippen LogP contribution in [-0.2, 0) is 25.4 Å². The van der Waals surface area contributed by atoms with Crippen molar-refractivity contribution in [3.63, 3.8) is 0 Å². The normalized spacial score (nSPS) is 14.8. The summed E-state index contributed by atoms with van der Waals surface area (Å²) >= 11 is 2.50. The zero-order valence-corrected chi connectivity index (χ0v) is 20.0. The lowest BCUT2D eigenvalue weighted by Crippen LogP contribution is -2.37. The van der Waals surface area contributed by atoms with Gasteiger partial charge in [-0.15, -0.1) is 10.2 Å². The number of aryl methyl sites for hydroxylation is 2. The van der Waals surface area contributed by atoms with Gasteiger partial charge in [-0.25, -0.2) is 9.78 Å². The second kappa shape index (κ2) is 9.55. The Kier molecular flexibility index (Phi) is 6.76. The van der Waals surface area contributed by atoms with Crippen LogP contribution >= 0.6 is 23.1 Å². The maximum atomic E-state index is 12.7. The van der Waals surface area contributed by atoms with Gasteiger partial charge in [0.2, 0.25) is 11.0 Å². The van der Waals surface area contributed by atoms with E-state index in [0.29, 0.717) is 38.8 Å². The smallest absolute Gasteiger partial charge is 0.313 e. The van der Waals surface area contributed by atoms with Gasteiger partial charge in [0, 0.05) is 33.6 Å². The molecular weight excluding hydrogens is 452 g/mol. The van der Waals surface area contributed by atoms with Crippen molar-refractivity contribution < 1.29 is 4.79 Å². The topological polar surface area (TPSA) is 120 Å². The fourth-order valence-electron chi connectivity index (χ4n) is 3.80. The Morgan fingerprint density at radius 1 is 1.12 bits per heavy atom. The van der Waals surface area contributed by atoms with Crippen LogP contribution in [0.4, 0.5) is 5.13 Å². The summed E-state index contributed by atoms with van der Waals surface area (Å²) < 4.78 is 4.79. The Morgan fingerprint density at radius 2 is 1.88 bits per heavy atom. The van der Waals surface area contributed by atoms with E-state index in [9.17, 15) is 14.4 Å². The van der Waals surface area contributed by atoms with Crippen molar-refractivity contribution in [2.75, 3.05) is 25.0 Å². The number of carbonyl (C=O) groups excluding carboxylic acids is 1. The standard InChI is InChI=1S/C19H26N8O3S2/c1-4-27-13-14(24(2)19(30)25(3)15(13)29)21-17(27)32-18-23-22-16(31-18)20-12(28)8-11-26-9-6-5-7-10-26/h4-11H2,1-3H3,(H,20,22,28). The van der Waals surface area contributed by atoms with Crippen LogP contribution in [0.3, 0.4) is 0 Å². The molecule has 1 N–H and O–H groups in total. The van der Waals surface area contributed by atoms with Crippen molar-refractivity contribution >= 4 is 45.3 Å². The maximum absolute atomic E-state index is 12.7. The molecule has 13 heteroatoms. The van der Waals surface area contributed by atoms with Crippen molar-refractivity contribution in [1.29, 1.82) is 0 Å². The summed E-state index contributed by atoms with van der Waals surface area (Å²) in [6.07, 6.45) is 4.08. The van der Waals surface area contributed by atoms with Gasteiger partial charge in [0.15, 0.2) is 20.7 Å². The summed E-state index contributed by atoms with van der Waals surface area (Å²) in [7, 11) is 3.04. The van der Waals surface area contributed by atoms with Crippen molar-refractivity contribution in [2.45, 2.75) is 48.6 Å². The Bertz CT molecular complexity index is 1250. The van der Waals surface area contributed by atoms with E-state index in [0.717, 1.165) is 24.2 Å². The van der Waals surface area contributed by atoms with Crippen LogP contribution in [0.1, 0.15) is 32.6 Å². The first-order valence-corrected chi connectivity index (χ1v) is 12.2. The Balaban J connectivity index is 1.48.